The Balaban J connectivity index is 2.60. The second-order valence-electron chi connectivity index (χ2n) is 3.63. The molecule has 0 unspecified atom stereocenters. The van der Waals surface area contributed by atoms with Crippen LogP contribution in [0.3, 0.4) is 0 Å². The molecule has 1 aliphatic heterocycles. The highest BCUT2D eigenvalue weighted by Gasteiger charge is 2.25. The highest BCUT2D eigenvalue weighted by molar-refractivity contribution is 5.83. The molecule has 0 bridgehead atoms. The Hall–Kier alpha value is -1.30. The molecular weight excluding hydrogens is 196 g/mol. The molecule has 0 aromatic carbocycles. The highest BCUT2D eigenvalue weighted by Crippen LogP contribution is 2.11. The number of nitrogens with zero attached hydrogens (tertiary/aromatic N) is 1. The van der Waals surface area contributed by atoms with E-state index < -0.39 is 5.91 Å². The van der Waals surface area contributed by atoms with Gasteiger partial charge < -0.3 is 21.3 Å². The van der Waals surface area contributed by atoms with E-state index in [4.69, 9.17) is 5.73 Å². The van der Waals surface area contributed by atoms with Crippen LogP contribution in [0.25, 0.3) is 0 Å². The molecule has 1 aliphatic rings. The summed E-state index contributed by atoms with van der Waals surface area (Å²) < 4.78 is 0. The Morgan fingerprint density at radius 1 is 1.47 bits per heavy atom. The molecule has 4 N–H and O–H groups in total. The first-order valence-corrected chi connectivity index (χ1v) is 5.12. The molecule has 1 fully saturated rings. The quantitative estimate of drug-likeness (QED) is 0.555. The van der Waals surface area contributed by atoms with Gasteiger partial charge in [-0.1, -0.05) is 0 Å². The largest absolute Gasteiger partial charge is 0.368 e. The SMILES string of the molecule is CNC(=O)N(CC(N)=O)C1CCNCC1. The van der Waals surface area contributed by atoms with E-state index in [9.17, 15) is 9.59 Å². The molecule has 1 saturated heterocycles. The maximum absolute atomic E-state index is 11.5. The molecule has 0 aliphatic carbocycles. The van der Waals surface area contributed by atoms with Crippen LogP contribution in [0.5, 0.6) is 0 Å². The summed E-state index contributed by atoms with van der Waals surface area (Å²) in [5, 5.41) is 5.73. The van der Waals surface area contributed by atoms with Crippen LogP contribution in [0, 0.1) is 0 Å². The van der Waals surface area contributed by atoms with Crippen molar-refractivity contribution >= 4 is 11.9 Å². The number of carbonyl (C=O) groups is 2. The van der Waals surface area contributed by atoms with Crippen molar-refractivity contribution in [2.24, 2.45) is 5.73 Å². The Bertz CT molecular complexity index is 238. The Morgan fingerprint density at radius 3 is 2.53 bits per heavy atom. The van der Waals surface area contributed by atoms with E-state index in [1.807, 2.05) is 0 Å². The van der Waals surface area contributed by atoms with Crippen molar-refractivity contribution in [1.82, 2.24) is 15.5 Å². The van der Waals surface area contributed by atoms with Crippen LogP contribution in [-0.4, -0.2) is 49.6 Å². The smallest absolute Gasteiger partial charge is 0.317 e. The van der Waals surface area contributed by atoms with Crippen LogP contribution < -0.4 is 16.4 Å². The van der Waals surface area contributed by atoms with E-state index in [0.29, 0.717) is 0 Å². The van der Waals surface area contributed by atoms with Gasteiger partial charge in [-0.05, 0) is 25.9 Å². The summed E-state index contributed by atoms with van der Waals surface area (Å²) in [6.45, 7) is 1.73. The molecule has 15 heavy (non-hydrogen) atoms. The summed E-state index contributed by atoms with van der Waals surface area (Å²) in [6, 6.07) is -0.126. The monoisotopic (exact) mass is 214 g/mol. The summed E-state index contributed by atoms with van der Waals surface area (Å²) in [5.74, 6) is -0.475. The van der Waals surface area contributed by atoms with Gasteiger partial charge >= 0.3 is 6.03 Å². The van der Waals surface area contributed by atoms with Gasteiger partial charge in [-0.3, -0.25) is 4.79 Å². The van der Waals surface area contributed by atoms with Crippen molar-refractivity contribution in [3.05, 3.63) is 0 Å². The number of carbonyl (C=O) groups excluding carboxylic acids is 2. The molecule has 0 saturated carbocycles. The number of urea groups is 1. The van der Waals surface area contributed by atoms with Crippen LogP contribution in [0.4, 0.5) is 4.79 Å². The summed E-state index contributed by atoms with van der Waals surface area (Å²) in [5.41, 5.74) is 5.12. The van der Waals surface area contributed by atoms with Gasteiger partial charge in [-0.25, -0.2) is 4.79 Å². The maximum atomic E-state index is 11.5. The molecule has 6 nitrogen and oxygen atoms in total. The van der Waals surface area contributed by atoms with Crippen molar-refractivity contribution in [3.8, 4) is 0 Å². The minimum absolute atomic E-state index is 0.00958. The molecule has 86 valence electrons. The molecule has 1 heterocycles. The first-order chi connectivity index (χ1) is 7.15. The zero-order valence-corrected chi connectivity index (χ0v) is 8.95. The number of hydrogen-bond acceptors (Lipinski definition) is 3. The minimum Gasteiger partial charge on any atom is -0.368 e. The fourth-order valence-electron chi connectivity index (χ4n) is 1.80. The van der Waals surface area contributed by atoms with Crippen molar-refractivity contribution in [1.29, 1.82) is 0 Å². The summed E-state index contributed by atoms with van der Waals surface area (Å²) in [6.07, 6.45) is 1.72. The van der Waals surface area contributed by atoms with Crippen molar-refractivity contribution in [2.45, 2.75) is 18.9 Å². The number of rotatable bonds is 3. The van der Waals surface area contributed by atoms with Crippen molar-refractivity contribution in [2.75, 3.05) is 26.7 Å². The minimum atomic E-state index is -0.475. The Labute approximate surface area is 89.2 Å². The molecule has 0 aromatic heterocycles. The number of primary amides is 1. The van der Waals surface area contributed by atoms with Gasteiger partial charge in [0.2, 0.25) is 5.91 Å². The fraction of sp³-hybridized carbons (Fsp3) is 0.778. The van der Waals surface area contributed by atoms with Gasteiger partial charge in [0.25, 0.3) is 0 Å². The van der Waals surface area contributed by atoms with Gasteiger partial charge in [0.05, 0.1) is 0 Å². The molecule has 0 radical (unpaired) electrons. The van der Waals surface area contributed by atoms with E-state index >= 15 is 0 Å². The van der Waals surface area contributed by atoms with Crippen LogP contribution in [-0.2, 0) is 4.79 Å². The lowest BCUT2D eigenvalue weighted by Crippen LogP contribution is -2.52. The number of piperidine rings is 1. The summed E-state index contributed by atoms with van der Waals surface area (Å²) in [7, 11) is 1.55. The molecule has 0 spiro atoms. The summed E-state index contributed by atoms with van der Waals surface area (Å²) in [4.78, 5) is 23.9. The normalized spacial score (nSPS) is 17.1. The lowest BCUT2D eigenvalue weighted by molar-refractivity contribution is -0.119. The van der Waals surface area contributed by atoms with E-state index in [-0.39, 0.29) is 18.6 Å². The average Bonchev–Trinajstić information content (AvgIpc) is 2.26. The van der Waals surface area contributed by atoms with Crippen LogP contribution >= 0.6 is 0 Å². The van der Waals surface area contributed by atoms with Crippen molar-refractivity contribution in [3.63, 3.8) is 0 Å². The molecule has 3 amide bonds. The lowest BCUT2D eigenvalue weighted by Gasteiger charge is -2.33. The zero-order chi connectivity index (χ0) is 11.3. The van der Waals surface area contributed by atoms with Crippen LogP contribution in [0.2, 0.25) is 0 Å². The van der Waals surface area contributed by atoms with Crippen molar-refractivity contribution < 1.29 is 9.59 Å². The average molecular weight is 214 g/mol. The second kappa shape index (κ2) is 5.55. The number of nitrogens with two attached hydrogens (primary N) is 1. The second-order valence-corrected chi connectivity index (χ2v) is 3.63. The predicted molar refractivity (Wildman–Crippen MR) is 56.2 cm³/mol. The van der Waals surface area contributed by atoms with E-state index in [0.717, 1.165) is 25.9 Å². The maximum Gasteiger partial charge on any atom is 0.317 e. The Morgan fingerprint density at radius 2 is 2.07 bits per heavy atom. The molecule has 1 rings (SSSR count). The predicted octanol–water partition coefficient (Wildman–Crippen LogP) is -1.13. The van der Waals surface area contributed by atoms with Gasteiger partial charge in [-0.2, -0.15) is 0 Å². The third-order valence-corrected chi connectivity index (χ3v) is 2.55. The molecule has 6 heteroatoms. The van der Waals surface area contributed by atoms with Gasteiger partial charge in [0.1, 0.15) is 6.54 Å². The van der Waals surface area contributed by atoms with E-state index in [1.54, 1.807) is 7.05 Å². The van der Waals surface area contributed by atoms with Crippen LogP contribution in [0.15, 0.2) is 0 Å². The molecular formula is C9H18N4O2. The third-order valence-electron chi connectivity index (χ3n) is 2.55. The number of amides is 3. The fourth-order valence-corrected chi connectivity index (χ4v) is 1.80. The first kappa shape index (κ1) is 11.8. The third kappa shape index (κ3) is 3.39. The Kier molecular flexibility index (Phi) is 4.36. The molecule has 0 atom stereocenters. The van der Waals surface area contributed by atoms with Gasteiger partial charge in [-0.15, -0.1) is 0 Å². The van der Waals surface area contributed by atoms with E-state index in [2.05, 4.69) is 10.6 Å². The number of nitrogens with one attached hydrogen (secondary N) is 2. The summed E-state index contributed by atoms with van der Waals surface area (Å²) >= 11 is 0. The first-order valence-electron chi connectivity index (χ1n) is 5.12. The van der Waals surface area contributed by atoms with Gasteiger partial charge in [0.15, 0.2) is 0 Å². The highest BCUT2D eigenvalue weighted by atomic mass is 16.2. The topological polar surface area (TPSA) is 87.5 Å². The number of hydrogen-bond donors (Lipinski definition) is 3. The zero-order valence-electron chi connectivity index (χ0n) is 8.95. The van der Waals surface area contributed by atoms with E-state index in [1.165, 1.54) is 4.90 Å². The lowest BCUT2D eigenvalue weighted by atomic mass is 10.1. The molecule has 0 aromatic rings. The standard InChI is InChI=1S/C9H18N4O2/c1-11-9(15)13(6-8(10)14)7-2-4-12-5-3-7/h7,12H,2-6H2,1H3,(H2,10,14)(H,11,15). The van der Waals surface area contributed by atoms with Crippen LogP contribution in [0.1, 0.15) is 12.8 Å². The van der Waals surface area contributed by atoms with Gasteiger partial charge in [0, 0.05) is 13.1 Å².